The highest BCUT2D eigenvalue weighted by atomic mass is 19.1. The Morgan fingerprint density at radius 1 is 1.23 bits per heavy atom. The summed E-state index contributed by atoms with van der Waals surface area (Å²) in [5, 5.41) is 8.09. The van der Waals surface area contributed by atoms with Crippen LogP contribution in [0.15, 0.2) is 42.7 Å². The van der Waals surface area contributed by atoms with Crippen molar-refractivity contribution in [2.45, 2.75) is 25.1 Å². The van der Waals surface area contributed by atoms with Crippen molar-refractivity contribution in [1.29, 1.82) is 0 Å². The van der Waals surface area contributed by atoms with E-state index in [2.05, 4.69) is 15.4 Å². The largest absolute Gasteiger partial charge is 0.352 e. The fraction of sp³-hybridized carbons (Fsp3) is 0.273. The van der Waals surface area contributed by atoms with Crippen LogP contribution in [-0.2, 0) is 6.42 Å². The Morgan fingerprint density at radius 2 is 2.13 bits per heavy atom. The molecule has 2 aliphatic rings. The normalized spacial score (nSPS) is 21.0. The second-order valence-electron chi connectivity index (χ2n) is 7.95. The number of aromatic nitrogens is 4. The van der Waals surface area contributed by atoms with Crippen molar-refractivity contribution in [3.8, 4) is 0 Å². The number of fused-ring (bicyclic) bond motifs is 5. The fourth-order valence-electron chi connectivity index (χ4n) is 4.68. The molecule has 1 fully saturated rings. The molecular formula is C22H18F2N6O. The lowest BCUT2D eigenvalue weighted by molar-refractivity contribution is 0.0955. The van der Waals surface area contributed by atoms with Crippen LogP contribution in [0, 0.1) is 5.82 Å². The van der Waals surface area contributed by atoms with Gasteiger partial charge < -0.3 is 10.2 Å². The number of nitrogens with zero attached hydrogens (tertiary/aromatic N) is 5. The van der Waals surface area contributed by atoms with E-state index in [9.17, 15) is 13.6 Å². The summed E-state index contributed by atoms with van der Waals surface area (Å²) in [6, 6.07) is 8.16. The van der Waals surface area contributed by atoms with E-state index in [0.29, 0.717) is 52.2 Å². The van der Waals surface area contributed by atoms with E-state index >= 15 is 0 Å². The quantitative estimate of drug-likeness (QED) is 0.473. The lowest BCUT2D eigenvalue weighted by atomic mass is 10.00. The van der Waals surface area contributed by atoms with Crippen LogP contribution >= 0.6 is 0 Å². The maximum absolute atomic E-state index is 14.6. The first kappa shape index (κ1) is 18.2. The van der Waals surface area contributed by atoms with Gasteiger partial charge in [0.05, 0.1) is 35.2 Å². The molecular weight excluding hydrogens is 402 g/mol. The summed E-state index contributed by atoms with van der Waals surface area (Å²) in [6.07, 6.45) is 2.49. The van der Waals surface area contributed by atoms with Crippen LogP contribution in [0.25, 0.3) is 16.6 Å². The van der Waals surface area contributed by atoms with Crippen LogP contribution in [0.4, 0.5) is 14.6 Å². The highest BCUT2D eigenvalue weighted by Gasteiger charge is 2.36. The zero-order valence-corrected chi connectivity index (χ0v) is 16.4. The Morgan fingerprint density at radius 3 is 3.03 bits per heavy atom. The molecule has 0 radical (unpaired) electrons. The lowest BCUT2D eigenvalue weighted by Crippen LogP contribution is -2.28. The van der Waals surface area contributed by atoms with Gasteiger partial charge in [0.1, 0.15) is 17.8 Å². The summed E-state index contributed by atoms with van der Waals surface area (Å²) in [5.41, 5.74) is 2.93. The molecule has 1 saturated heterocycles. The number of anilines is 1. The number of carbonyl (C=O) groups is 1. The second-order valence-corrected chi connectivity index (χ2v) is 7.95. The van der Waals surface area contributed by atoms with Crippen molar-refractivity contribution >= 4 is 28.3 Å². The third-order valence-electron chi connectivity index (χ3n) is 6.05. The van der Waals surface area contributed by atoms with E-state index in [0.717, 1.165) is 6.20 Å². The first-order valence-corrected chi connectivity index (χ1v) is 10.2. The minimum Gasteiger partial charge on any atom is -0.352 e. The molecule has 3 aromatic heterocycles. The van der Waals surface area contributed by atoms with E-state index in [1.54, 1.807) is 28.9 Å². The molecule has 0 aliphatic carbocycles. The Hall–Kier alpha value is -3.62. The number of benzene rings is 1. The SMILES string of the molecule is O=C1NCCc2ncc(F)cc2[C@H]2C[C@H](F)CN2c2ccn3nc4cccc1c4c3n2. The van der Waals surface area contributed by atoms with Crippen LogP contribution in [0.5, 0.6) is 0 Å². The van der Waals surface area contributed by atoms with Crippen LogP contribution < -0.4 is 10.2 Å². The van der Waals surface area contributed by atoms with E-state index in [4.69, 9.17) is 4.98 Å². The third kappa shape index (κ3) is 2.83. The second kappa shape index (κ2) is 6.69. The van der Waals surface area contributed by atoms with Crippen LogP contribution in [0.2, 0.25) is 0 Å². The van der Waals surface area contributed by atoms with Gasteiger partial charge in [0.25, 0.3) is 5.91 Å². The number of hydrogen-bond acceptors (Lipinski definition) is 5. The molecule has 9 heteroatoms. The molecule has 0 unspecified atom stereocenters. The van der Waals surface area contributed by atoms with E-state index in [1.807, 2.05) is 11.0 Å². The summed E-state index contributed by atoms with van der Waals surface area (Å²) in [5.74, 6) is -0.147. The predicted molar refractivity (Wildman–Crippen MR) is 110 cm³/mol. The standard InChI is InChI=1S/C22H18F2N6O/c23-12-8-15-16(26-10-12)4-6-25-22(31)14-2-1-3-17-20(14)21-27-19(5-7-30(21)28-17)29-11-13(24)9-18(15)29/h1-3,5,7-8,10,13,18H,4,6,9,11H2,(H,25,31)/t13-,18+/m0/s1. The summed E-state index contributed by atoms with van der Waals surface area (Å²) >= 11 is 0. The number of amides is 1. The van der Waals surface area contributed by atoms with Gasteiger partial charge in [-0.2, -0.15) is 5.10 Å². The summed E-state index contributed by atoms with van der Waals surface area (Å²) in [7, 11) is 0. The van der Waals surface area contributed by atoms with Crippen molar-refractivity contribution in [3.63, 3.8) is 0 Å². The maximum atomic E-state index is 14.6. The van der Waals surface area contributed by atoms with E-state index in [-0.39, 0.29) is 18.9 Å². The molecule has 0 saturated carbocycles. The van der Waals surface area contributed by atoms with Gasteiger partial charge in [0.2, 0.25) is 0 Å². The first-order valence-electron chi connectivity index (χ1n) is 10.2. The number of carbonyl (C=O) groups excluding carboxylic acids is 1. The molecule has 1 aromatic carbocycles. The number of alkyl halides is 1. The number of halogens is 2. The number of nitrogens with one attached hydrogen (secondary N) is 1. The molecule has 1 amide bonds. The molecule has 0 spiro atoms. The number of hydrogen-bond donors (Lipinski definition) is 1. The van der Waals surface area contributed by atoms with Crippen molar-refractivity contribution in [3.05, 3.63) is 65.4 Å². The lowest BCUT2D eigenvalue weighted by Gasteiger charge is -2.27. The van der Waals surface area contributed by atoms with Gasteiger partial charge in [-0.15, -0.1) is 0 Å². The molecule has 2 bridgehead atoms. The predicted octanol–water partition coefficient (Wildman–Crippen LogP) is 2.99. The van der Waals surface area contributed by atoms with E-state index < -0.39 is 18.0 Å². The van der Waals surface area contributed by atoms with Crippen LogP contribution in [0.1, 0.15) is 34.1 Å². The highest BCUT2D eigenvalue weighted by Crippen LogP contribution is 2.38. The minimum absolute atomic E-state index is 0.153. The Kier molecular flexibility index (Phi) is 3.92. The average molecular weight is 420 g/mol. The molecule has 1 N–H and O–H groups in total. The molecule has 156 valence electrons. The van der Waals surface area contributed by atoms with Gasteiger partial charge in [0.15, 0.2) is 5.65 Å². The van der Waals surface area contributed by atoms with Crippen molar-refractivity contribution in [2.75, 3.05) is 18.0 Å². The van der Waals surface area contributed by atoms with Crippen molar-refractivity contribution in [1.82, 2.24) is 24.9 Å². The Bertz CT molecular complexity index is 1350. The highest BCUT2D eigenvalue weighted by molar-refractivity contribution is 6.11. The van der Waals surface area contributed by atoms with Crippen LogP contribution in [-0.4, -0.2) is 44.8 Å². The molecule has 5 heterocycles. The summed E-state index contributed by atoms with van der Waals surface area (Å²) < 4.78 is 30.3. The topological polar surface area (TPSA) is 75.4 Å². The van der Waals surface area contributed by atoms with E-state index in [1.165, 1.54) is 6.07 Å². The molecule has 6 rings (SSSR count). The minimum atomic E-state index is -1.07. The maximum Gasteiger partial charge on any atom is 0.252 e. The monoisotopic (exact) mass is 420 g/mol. The van der Waals surface area contributed by atoms with Gasteiger partial charge >= 0.3 is 0 Å². The van der Waals surface area contributed by atoms with Gasteiger partial charge in [-0.3, -0.25) is 9.78 Å². The molecule has 2 aliphatic heterocycles. The molecule has 7 nitrogen and oxygen atoms in total. The van der Waals surface area contributed by atoms with Gasteiger partial charge in [0, 0.05) is 31.3 Å². The van der Waals surface area contributed by atoms with Crippen molar-refractivity contribution in [2.24, 2.45) is 0 Å². The van der Waals surface area contributed by atoms with Gasteiger partial charge in [-0.25, -0.2) is 18.3 Å². The zero-order chi connectivity index (χ0) is 21.1. The molecule has 4 aromatic rings. The zero-order valence-electron chi connectivity index (χ0n) is 16.4. The average Bonchev–Trinajstić information content (AvgIpc) is 3.33. The van der Waals surface area contributed by atoms with Crippen molar-refractivity contribution < 1.29 is 13.6 Å². The first-order chi connectivity index (χ1) is 15.1. The molecule has 2 atom stereocenters. The van der Waals surface area contributed by atoms with Gasteiger partial charge in [-0.05, 0) is 29.8 Å². The fourth-order valence-corrected chi connectivity index (χ4v) is 4.68. The smallest absolute Gasteiger partial charge is 0.252 e. The van der Waals surface area contributed by atoms with Gasteiger partial charge in [-0.1, -0.05) is 6.07 Å². The third-order valence-corrected chi connectivity index (χ3v) is 6.05. The number of rotatable bonds is 0. The number of pyridine rings is 1. The Labute approximate surface area is 175 Å². The molecule has 31 heavy (non-hydrogen) atoms. The Balaban J connectivity index is 1.61. The van der Waals surface area contributed by atoms with Crippen LogP contribution in [0.3, 0.4) is 0 Å². The summed E-state index contributed by atoms with van der Waals surface area (Å²) in [4.78, 5) is 23.8. The summed E-state index contributed by atoms with van der Waals surface area (Å²) in [6.45, 7) is 0.474.